The summed E-state index contributed by atoms with van der Waals surface area (Å²) in [6.07, 6.45) is 8.57. The first kappa shape index (κ1) is 16.5. The van der Waals surface area contributed by atoms with E-state index in [1.54, 1.807) is 0 Å². The Labute approximate surface area is 138 Å². The summed E-state index contributed by atoms with van der Waals surface area (Å²) in [7, 11) is 0. The number of carbonyl (C=O) groups excluding carboxylic acids is 1. The first-order chi connectivity index (χ1) is 11.3. The first-order valence-corrected chi connectivity index (χ1v) is 9.19. The van der Waals surface area contributed by atoms with Gasteiger partial charge in [-0.1, -0.05) is 19.8 Å². The lowest BCUT2D eigenvalue weighted by molar-refractivity contribution is -0.121. The van der Waals surface area contributed by atoms with E-state index in [9.17, 15) is 4.79 Å². The molecule has 23 heavy (non-hydrogen) atoms. The number of rotatable bonds is 7. The van der Waals surface area contributed by atoms with Gasteiger partial charge in [0.25, 0.3) is 0 Å². The van der Waals surface area contributed by atoms with E-state index in [0.717, 1.165) is 38.1 Å². The number of aryl methyl sites for hydroxylation is 1. The van der Waals surface area contributed by atoms with Crippen LogP contribution in [0.3, 0.4) is 0 Å². The van der Waals surface area contributed by atoms with E-state index in [-0.39, 0.29) is 5.91 Å². The lowest BCUT2D eigenvalue weighted by Crippen LogP contribution is -2.27. The predicted octanol–water partition coefficient (Wildman–Crippen LogP) is 2.60. The average Bonchev–Trinajstić information content (AvgIpc) is 3.17. The fraction of sp³-hybridized carbons (Fsp3) is 0.778. The van der Waals surface area contributed by atoms with E-state index < -0.39 is 0 Å². The molecule has 0 spiro atoms. The van der Waals surface area contributed by atoms with Crippen LogP contribution in [0.5, 0.6) is 0 Å². The summed E-state index contributed by atoms with van der Waals surface area (Å²) in [4.78, 5) is 12.0. The van der Waals surface area contributed by atoms with E-state index in [1.165, 1.54) is 36.9 Å². The largest absolute Gasteiger partial charge is 0.376 e. The van der Waals surface area contributed by atoms with Crippen molar-refractivity contribution in [1.82, 2.24) is 15.1 Å². The minimum absolute atomic E-state index is 0.204. The molecule has 1 amide bonds. The zero-order valence-electron chi connectivity index (χ0n) is 14.3. The highest BCUT2D eigenvalue weighted by molar-refractivity contribution is 5.76. The van der Waals surface area contributed by atoms with Gasteiger partial charge in [0.2, 0.25) is 5.91 Å². The van der Waals surface area contributed by atoms with Gasteiger partial charge in [0.15, 0.2) is 0 Å². The molecule has 1 aliphatic heterocycles. The number of hydrogen-bond donors (Lipinski definition) is 1. The summed E-state index contributed by atoms with van der Waals surface area (Å²) in [6.45, 7) is 5.29. The molecule has 1 N–H and O–H groups in total. The Kier molecular flexibility index (Phi) is 5.70. The van der Waals surface area contributed by atoms with Gasteiger partial charge in [0.1, 0.15) is 0 Å². The van der Waals surface area contributed by atoms with Crippen molar-refractivity contribution in [3.8, 4) is 0 Å². The van der Waals surface area contributed by atoms with Crippen molar-refractivity contribution in [3.63, 3.8) is 0 Å². The number of nitrogens with zero attached hydrogens (tertiary/aromatic N) is 2. The molecule has 0 aromatic carbocycles. The standard InChI is InChI=1S/C18H29N3O2/c1-2-10-21-17-8-11-23-13-15(17)16(20-21)7-9-19-18(22)12-14-5-3-4-6-14/h14H,2-13H2,1H3,(H,19,22). The third-order valence-corrected chi connectivity index (χ3v) is 5.05. The maximum absolute atomic E-state index is 12.0. The van der Waals surface area contributed by atoms with E-state index in [4.69, 9.17) is 9.84 Å². The Bertz CT molecular complexity index is 533. The summed E-state index contributed by atoms with van der Waals surface area (Å²) in [6, 6.07) is 0. The highest BCUT2D eigenvalue weighted by Gasteiger charge is 2.21. The number of nitrogens with one attached hydrogen (secondary N) is 1. The highest BCUT2D eigenvalue weighted by Crippen LogP contribution is 2.27. The van der Waals surface area contributed by atoms with E-state index in [1.807, 2.05) is 0 Å². The lowest BCUT2D eigenvalue weighted by Gasteiger charge is -2.15. The lowest BCUT2D eigenvalue weighted by atomic mass is 10.0. The molecule has 128 valence electrons. The first-order valence-electron chi connectivity index (χ1n) is 9.19. The van der Waals surface area contributed by atoms with Gasteiger partial charge in [-0.25, -0.2) is 0 Å². The smallest absolute Gasteiger partial charge is 0.220 e. The monoisotopic (exact) mass is 319 g/mol. The molecule has 1 aromatic rings. The molecule has 5 nitrogen and oxygen atoms in total. The zero-order valence-corrected chi connectivity index (χ0v) is 14.3. The second-order valence-electron chi connectivity index (χ2n) is 6.85. The van der Waals surface area contributed by atoms with Crippen LogP contribution in [0.1, 0.15) is 62.4 Å². The number of amides is 1. The van der Waals surface area contributed by atoms with Gasteiger partial charge in [-0.2, -0.15) is 5.10 Å². The highest BCUT2D eigenvalue weighted by atomic mass is 16.5. The second kappa shape index (κ2) is 7.95. The molecule has 1 aliphatic carbocycles. The number of aromatic nitrogens is 2. The van der Waals surface area contributed by atoms with Crippen LogP contribution < -0.4 is 5.32 Å². The Morgan fingerprint density at radius 3 is 3.00 bits per heavy atom. The molecular weight excluding hydrogens is 290 g/mol. The Hall–Kier alpha value is -1.36. The maximum Gasteiger partial charge on any atom is 0.220 e. The Morgan fingerprint density at radius 1 is 1.39 bits per heavy atom. The van der Waals surface area contributed by atoms with Crippen LogP contribution in [0.4, 0.5) is 0 Å². The Morgan fingerprint density at radius 2 is 2.22 bits per heavy atom. The van der Waals surface area contributed by atoms with Crippen molar-refractivity contribution < 1.29 is 9.53 Å². The van der Waals surface area contributed by atoms with Crippen LogP contribution in [-0.2, 0) is 35.5 Å². The SMILES string of the molecule is CCCn1nc(CCNC(=O)CC2CCCC2)c2c1CCOC2. The summed E-state index contributed by atoms with van der Waals surface area (Å²) in [5.74, 6) is 0.815. The van der Waals surface area contributed by atoms with Crippen LogP contribution in [0.2, 0.25) is 0 Å². The van der Waals surface area contributed by atoms with Crippen LogP contribution in [-0.4, -0.2) is 28.8 Å². The molecule has 0 unspecified atom stereocenters. The fourth-order valence-corrected chi connectivity index (χ4v) is 3.85. The average molecular weight is 319 g/mol. The van der Waals surface area contributed by atoms with Gasteiger partial charge in [0.05, 0.1) is 18.9 Å². The van der Waals surface area contributed by atoms with Gasteiger partial charge >= 0.3 is 0 Å². The van der Waals surface area contributed by atoms with Crippen molar-refractivity contribution in [2.45, 2.75) is 71.4 Å². The minimum atomic E-state index is 0.204. The molecule has 1 aromatic heterocycles. The molecule has 5 heteroatoms. The molecule has 2 heterocycles. The predicted molar refractivity (Wildman–Crippen MR) is 89.2 cm³/mol. The van der Waals surface area contributed by atoms with E-state index >= 15 is 0 Å². The van der Waals surface area contributed by atoms with Crippen LogP contribution in [0, 0.1) is 5.92 Å². The fourth-order valence-electron chi connectivity index (χ4n) is 3.85. The van der Waals surface area contributed by atoms with Gasteiger partial charge in [0, 0.05) is 43.6 Å². The van der Waals surface area contributed by atoms with Gasteiger partial charge in [-0.3, -0.25) is 9.48 Å². The third-order valence-electron chi connectivity index (χ3n) is 5.05. The minimum Gasteiger partial charge on any atom is -0.376 e. The molecule has 3 rings (SSSR count). The van der Waals surface area contributed by atoms with E-state index in [0.29, 0.717) is 25.5 Å². The van der Waals surface area contributed by atoms with Crippen LogP contribution in [0.25, 0.3) is 0 Å². The molecule has 0 saturated heterocycles. The molecule has 0 bridgehead atoms. The number of hydrogen-bond acceptors (Lipinski definition) is 3. The molecule has 1 saturated carbocycles. The summed E-state index contributed by atoms with van der Waals surface area (Å²) in [5.41, 5.74) is 3.70. The normalized spacial score (nSPS) is 18.1. The molecule has 1 fully saturated rings. The van der Waals surface area contributed by atoms with Gasteiger partial charge < -0.3 is 10.1 Å². The molecule has 0 radical (unpaired) electrons. The number of fused-ring (bicyclic) bond motifs is 1. The van der Waals surface area contributed by atoms with Crippen molar-refractivity contribution in [3.05, 3.63) is 17.0 Å². The maximum atomic E-state index is 12.0. The third kappa shape index (κ3) is 4.14. The van der Waals surface area contributed by atoms with Crippen LogP contribution in [0.15, 0.2) is 0 Å². The number of ether oxygens (including phenoxy) is 1. The molecule has 0 atom stereocenters. The zero-order chi connectivity index (χ0) is 16.1. The molecule has 2 aliphatic rings. The topological polar surface area (TPSA) is 56.2 Å². The number of carbonyl (C=O) groups is 1. The van der Waals surface area contributed by atoms with Crippen molar-refractivity contribution >= 4 is 5.91 Å². The summed E-state index contributed by atoms with van der Waals surface area (Å²) in [5, 5.41) is 7.84. The quantitative estimate of drug-likeness (QED) is 0.840. The van der Waals surface area contributed by atoms with Gasteiger partial charge in [-0.05, 0) is 25.2 Å². The van der Waals surface area contributed by atoms with Crippen LogP contribution >= 0.6 is 0 Å². The Balaban J connectivity index is 1.52. The van der Waals surface area contributed by atoms with Gasteiger partial charge in [-0.15, -0.1) is 0 Å². The van der Waals surface area contributed by atoms with Crippen molar-refractivity contribution in [2.24, 2.45) is 5.92 Å². The van der Waals surface area contributed by atoms with E-state index in [2.05, 4.69) is 16.9 Å². The van der Waals surface area contributed by atoms with Crippen molar-refractivity contribution in [2.75, 3.05) is 13.2 Å². The second-order valence-corrected chi connectivity index (χ2v) is 6.85. The van der Waals surface area contributed by atoms with Crippen molar-refractivity contribution in [1.29, 1.82) is 0 Å². The summed E-state index contributed by atoms with van der Waals surface area (Å²) >= 11 is 0. The summed E-state index contributed by atoms with van der Waals surface area (Å²) < 4.78 is 7.75. The molecular formula is C18H29N3O2.